The summed E-state index contributed by atoms with van der Waals surface area (Å²) >= 11 is 5.14. The van der Waals surface area contributed by atoms with E-state index in [1.807, 2.05) is 0 Å². The van der Waals surface area contributed by atoms with E-state index in [-0.39, 0.29) is 0 Å². The molecule has 3 heteroatoms. The quantitative estimate of drug-likeness (QED) is 0.473. The van der Waals surface area contributed by atoms with Crippen LogP contribution in [0.2, 0.25) is 0 Å². The van der Waals surface area contributed by atoms with Crippen molar-refractivity contribution in [1.82, 2.24) is 0 Å². The standard InChI is InChI=1S/C4H7ClO2/c1-2-3(5)4(6)7/h3H,2H2,1H3,(H,6,7)/p-1/t3-/m0/s1. The van der Waals surface area contributed by atoms with Gasteiger partial charge < -0.3 is 9.90 Å². The zero-order valence-electron chi connectivity index (χ0n) is 3.98. The van der Waals surface area contributed by atoms with E-state index in [0.29, 0.717) is 6.42 Å². The minimum atomic E-state index is -1.19. The van der Waals surface area contributed by atoms with Gasteiger partial charge in [-0.25, -0.2) is 0 Å². The van der Waals surface area contributed by atoms with E-state index in [4.69, 9.17) is 11.6 Å². The smallest absolute Gasteiger partial charge is 0.0728 e. The lowest BCUT2D eigenvalue weighted by molar-refractivity contribution is -0.305. The number of halogens is 1. The van der Waals surface area contributed by atoms with Crippen molar-refractivity contribution < 1.29 is 9.90 Å². The van der Waals surface area contributed by atoms with E-state index in [1.165, 1.54) is 0 Å². The maximum absolute atomic E-state index is 9.69. The SMILES string of the molecule is CC[C@H](Cl)C(=O)[O-]. The first kappa shape index (κ1) is 6.76. The topological polar surface area (TPSA) is 40.1 Å². The van der Waals surface area contributed by atoms with Crippen LogP contribution in [0, 0.1) is 0 Å². The van der Waals surface area contributed by atoms with E-state index in [0.717, 1.165) is 0 Å². The summed E-state index contributed by atoms with van der Waals surface area (Å²) in [5.41, 5.74) is 0. The van der Waals surface area contributed by atoms with Gasteiger partial charge in [-0.3, -0.25) is 0 Å². The van der Waals surface area contributed by atoms with E-state index >= 15 is 0 Å². The lowest BCUT2D eigenvalue weighted by Crippen LogP contribution is -2.31. The van der Waals surface area contributed by atoms with Gasteiger partial charge in [0.1, 0.15) is 0 Å². The number of carbonyl (C=O) groups excluding carboxylic acids is 1. The molecule has 0 rings (SSSR count). The summed E-state index contributed by atoms with van der Waals surface area (Å²) in [6, 6.07) is 0. The fourth-order valence-electron chi connectivity index (χ4n) is 0.167. The first-order valence-corrected chi connectivity index (χ1v) is 2.47. The maximum atomic E-state index is 9.69. The van der Waals surface area contributed by atoms with Crippen molar-refractivity contribution in [3.63, 3.8) is 0 Å². The van der Waals surface area contributed by atoms with E-state index in [9.17, 15) is 9.90 Å². The minimum absolute atomic E-state index is 0.421. The van der Waals surface area contributed by atoms with Crippen molar-refractivity contribution in [2.75, 3.05) is 0 Å². The van der Waals surface area contributed by atoms with Gasteiger partial charge in [0.2, 0.25) is 0 Å². The molecule has 0 bridgehead atoms. The fraction of sp³-hybridized carbons (Fsp3) is 0.750. The molecule has 0 aromatic rings. The third kappa shape index (κ3) is 2.45. The van der Waals surface area contributed by atoms with Gasteiger partial charge in [-0.15, -0.1) is 11.6 Å². The normalized spacial score (nSPS) is 13.4. The molecule has 2 nitrogen and oxygen atoms in total. The minimum Gasteiger partial charge on any atom is -0.549 e. The van der Waals surface area contributed by atoms with Crippen LogP contribution >= 0.6 is 11.6 Å². The summed E-state index contributed by atoms with van der Waals surface area (Å²) in [7, 11) is 0. The van der Waals surface area contributed by atoms with Crippen LogP contribution in [-0.2, 0) is 4.79 Å². The summed E-state index contributed by atoms with van der Waals surface area (Å²) in [5.74, 6) is -1.19. The molecule has 0 N–H and O–H groups in total. The molecular formula is C4H6ClO2-. The summed E-state index contributed by atoms with van der Waals surface area (Å²) in [6.45, 7) is 1.69. The Morgan fingerprint density at radius 3 is 2.43 bits per heavy atom. The Kier molecular flexibility index (Phi) is 2.76. The molecule has 0 aliphatic carbocycles. The highest BCUT2D eigenvalue weighted by molar-refractivity contribution is 6.29. The Morgan fingerprint density at radius 2 is 2.43 bits per heavy atom. The van der Waals surface area contributed by atoms with Crippen molar-refractivity contribution in [3.8, 4) is 0 Å². The van der Waals surface area contributed by atoms with Gasteiger partial charge in [-0.05, 0) is 6.42 Å². The number of hydrogen-bond acceptors (Lipinski definition) is 2. The summed E-state index contributed by atoms with van der Waals surface area (Å²) in [6.07, 6.45) is 0.421. The van der Waals surface area contributed by atoms with Crippen molar-refractivity contribution in [2.45, 2.75) is 18.7 Å². The first-order chi connectivity index (χ1) is 3.18. The van der Waals surface area contributed by atoms with E-state index in [2.05, 4.69) is 0 Å². The number of carboxylic acid groups (broad SMARTS) is 1. The molecule has 0 spiro atoms. The zero-order chi connectivity index (χ0) is 5.86. The van der Waals surface area contributed by atoms with Crippen LogP contribution in [0.15, 0.2) is 0 Å². The molecule has 0 amide bonds. The number of carboxylic acids is 1. The van der Waals surface area contributed by atoms with Gasteiger partial charge in [0.15, 0.2) is 0 Å². The van der Waals surface area contributed by atoms with Crippen molar-refractivity contribution >= 4 is 17.6 Å². The molecule has 0 aromatic carbocycles. The lowest BCUT2D eigenvalue weighted by atomic mass is 10.3. The Bertz CT molecular complexity index is 72.1. The Balaban J connectivity index is 3.34. The van der Waals surface area contributed by atoms with Crippen LogP contribution in [-0.4, -0.2) is 11.3 Å². The second-order valence-corrected chi connectivity index (χ2v) is 1.72. The number of aliphatic carboxylic acids is 1. The molecule has 0 fully saturated rings. The summed E-state index contributed by atoms with van der Waals surface area (Å²) < 4.78 is 0. The first-order valence-electron chi connectivity index (χ1n) is 2.03. The average Bonchev–Trinajstić information content (AvgIpc) is 1.65. The third-order valence-corrected chi connectivity index (χ3v) is 1.10. The van der Waals surface area contributed by atoms with Crippen LogP contribution in [0.5, 0.6) is 0 Å². The molecule has 0 aliphatic rings. The van der Waals surface area contributed by atoms with Gasteiger partial charge in [-0.1, -0.05) is 6.92 Å². The third-order valence-electron chi connectivity index (χ3n) is 0.614. The Hall–Kier alpha value is -0.240. The molecule has 0 radical (unpaired) electrons. The predicted molar refractivity (Wildman–Crippen MR) is 24.9 cm³/mol. The van der Waals surface area contributed by atoms with Gasteiger partial charge in [0, 0.05) is 0 Å². The largest absolute Gasteiger partial charge is 0.549 e. The monoisotopic (exact) mass is 121 g/mol. The number of carbonyl (C=O) groups is 1. The fourth-order valence-corrected chi connectivity index (χ4v) is 0.167. The van der Waals surface area contributed by atoms with Crippen LogP contribution in [0.25, 0.3) is 0 Å². The van der Waals surface area contributed by atoms with Crippen molar-refractivity contribution in [1.29, 1.82) is 0 Å². The molecule has 0 saturated heterocycles. The molecular weight excluding hydrogens is 115 g/mol. The van der Waals surface area contributed by atoms with Crippen LogP contribution in [0.3, 0.4) is 0 Å². The van der Waals surface area contributed by atoms with Crippen LogP contribution in [0.4, 0.5) is 0 Å². The van der Waals surface area contributed by atoms with Gasteiger partial charge in [0.25, 0.3) is 0 Å². The highest BCUT2D eigenvalue weighted by Gasteiger charge is 1.97. The number of rotatable bonds is 2. The highest BCUT2D eigenvalue weighted by atomic mass is 35.5. The Labute approximate surface area is 47.1 Å². The van der Waals surface area contributed by atoms with Crippen molar-refractivity contribution in [3.05, 3.63) is 0 Å². The molecule has 0 aliphatic heterocycles. The second-order valence-electron chi connectivity index (χ2n) is 1.19. The van der Waals surface area contributed by atoms with Crippen LogP contribution < -0.4 is 5.11 Å². The molecule has 0 unspecified atom stereocenters. The molecule has 0 saturated carbocycles. The molecule has 0 aromatic heterocycles. The van der Waals surface area contributed by atoms with Gasteiger partial charge in [0.05, 0.1) is 11.3 Å². The molecule has 42 valence electrons. The van der Waals surface area contributed by atoms with E-state index < -0.39 is 11.3 Å². The van der Waals surface area contributed by atoms with Gasteiger partial charge >= 0.3 is 0 Å². The van der Waals surface area contributed by atoms with E-state index in [1.54, 1.807) is 6.92 Å². The number of hydrogen-bond donors (Lipinski definition) is 0. The molecule has 0 heterocycles. The summed E-state index contributed by atoms with van der Waals surface area (Å²) in [4.78, 5) is 9.69. The Morgan fingerprint density at radius 1 is 2.00 bits per heavy atom. The average molecular weight is 122 g/mol. The highest BCUT2D eigenvalue weighted by Crippen LogP contribution is 1.96. The predicted octanol–water partition coefficient (Wildman–Crippen LogP) is -0.246. The molecule has 7 heavy (non-hydrogen) atoms. The van der Waals surface area contributed by atoms with Crippen molar-refractivity contribution in [2.24, 2.45) is 0 Å². The second kappa shape index (κ2) is 2.86. The summed E-state index contributed by atoms with van der Waals surface area (Å²) in [5, 5.41) is 8.87. The molecule has 1 atom stereocenters. The lowest BCUT2D eigenvalue weighted by Gasteiger charge is -2.04. The zero-order valence-corrected chi connectivity index (χ0v) is 4.73. The van der Waals surface area contributed by atoms with Crippen LogP contribution in [0.1, 0.15) is 13.3 Å². The van der Waals surface area contributed by atoms with Gasteiger partial charge in [-0.2, -0.15) is 0 Å². The number of alkyl halides is 1. The maximum Gasteiger partial charge on any atom is 0.0728 e.